The molecule has 1 heterocycles. The summed E-state index contributed by atoms with van der Waals surface area (Å²) in [6.45, 7) is 0.766. The zero-order valence-corrected chi connectivity index (χ0v) is 10.3. The molecule has 0 unspecified atom stereocenters. The maximum atomic E-state index is 12.0. The van der Waals surface area contributed by atoms with Crippen molar-refractivity contribution < 1.29 is 9.90 Å². The molecule has 2 aliphatic rings. The highest BCUT2D eigenvalue weighted by atomic mass is 16.3. The number of aliphatic hydroxyl groups is 1. The minimum atomic E-state index is -0.170. The van der Waals surface area contributed by atoms with Crippen LogP contribution in [0.4, 0.5) is 5.69 Å². The van der Waals surface area contributed by atoms with E-state index in [-0.39, 0.29) is 24.0 Å². The topological polar surface area (TPSA) is 61.4 Å². The molecule has 1 atom stereocenters. The Morgan fingerprint density at radius 2 is 2.22 bits per heavy atom. The van der Waals surface area contributed by atoms with Crippen molar-refractivity contribution in [2.45, 2.75) is 25.3 Å². The van der Waals surface area contributed by atoms with Gasteiger partial charge in [-0.25, -0.2) is 0 Å². The van der Waals surface area contributed by atoms with E-state index in [9.17, 15) is 9.90 Å². The molecule has 0 aromatic heterocycles. The maximum absolute atomic E-state index is 12.0. The third-order valence-corrected chi connectivity index (χ3v) is 4.02. The fourth-order valence-electron chi connectivity index (χ4n) is 2.42. The lowest BCUT2D eigenvalue weighted by Crippen LogP contribution is -2.41. The largest absolute Gasteiger partial charge is 0.396 e. The summed E-state index contributed by atoms with van der Waals surface area (Å²) >= 11 is 0. The predicted molar refractivity (Wildman–Crippen MR) is 69.3 cm³/mol. The number of fused-ring (bicyclic) bond motifs is 1. The van der Waals surface area contributed by atoms with Gasteiger partial charge in [-0.05, 0) is 24.5 Å². The number of hydrogen-bond donors (Lipinski definition) is 3. The van der Waals surface area contributed by atoms with E-state index in [1.54, 1.807) is 0 Å². The van der Waals surface area contributed by atoms with E-state index in [1.807, 2.05) is 24.3 Å². The van der Waals surface area contributed by atoms with Gasteiger partial charge in [0.2, 0.25) is 5.91 Å². The summed E-state index contributed by atoms with van der Waals surface area (Å²) in [5, 5.41) is 15.4. The molecule has 1 aromatic carbocycles. The molecule has 4 nitrogen and oxygen atoms in total. The van der Waals surface area contributed by atoms with Crippen molar-refractivity contribution in [1.82, 2.24) is 5.32 Å². The Kier molecular flexibility index (Phi) is 2.74. The second-order valence-corrected chi connectivity index (χ2v) is 5.43. The summed E-state index contributed by atoms with van der Waals surface area (Å²) in [5.41, 5.74) is 2.23. The van der Waals surface area contributed by atoms with E-state index in [1.165, 1.54) is 5.56 Å². The number of carbonyl (C=O) groups excluding carboxylic acids is 1. The summed E-state index contributed by atoms with van der Waals surface area (Å²) < 4.78 is 0. The zero-order chi connectivity index (χ0) is 12.6. The van der Waals surface area contributed by atoms with Crippen LogP contribution < -0.4 is 10.6 Å². The van der Waals surface area contributed by atoms with Crippen LogP contribution in [0.2, 0.25) is 0 Å². The van der Waals surface area contributed by atoms with Gasteiger partial charge in [0.15, 0.2) is 0 Å². The summed E-state index contributed by atoms with van der Waals surface area (Å²) in [5.74, 6) is 0.0333. The van der Waals surface area contributed by atoms with E-state index < -0.39 is 0 Å². The molecular formula is C14H18N2O2. The Balaban J connectivity index is 1.56. The number of aliphatic hydroxyl groups excluding tert-OH is 1. The fourth-order valence-corrected chi connectivity index (χ4v) is 2.42. The lowest BCUT2D eigenvalue weighted by Gasteiger charge is -2.16. The highest BCUT2D eigenvalue weighted by molar-refractivity contribution is 5.87. The van der Waals surface area contributed by atoms with Crippen LogP contribution in [0.15, 0.2) is 24.3 Å². The quantitative estimate of drug-likeness (QED) is 0.740. The van der Waals surface area contributed by atoms with Crippen molar-refractivity contribution in [3.05, 3.63) is 29.8 Å². The highest BCUT2D eigenvalue weighted by Gasteiger charge is 2.42. The minimum Gasteiger partial charge on any atom is -0.396 e. The van der Waals surface area contributed by atoms with Gasteiger partial charge in [0.05, 0.1) is 6.61 Å². The molecule has 4 heteroatoms. The number of para-hydroxylation sites is 1. The van der Waals surface area contributed by atoms with Crippen molar-refractivity contribution in [2.24, 2.45) is 5.41 Å². The van der Waals surface area contributed by atoms with Gasteiger partial charge in [-0.3, -0.25) is 4.79 Å². The summed E-state index contributed by atoms with van der Waals surface area (Å²) in [6.07, 6.45) is 2.78. The fraction of sp³-hybridized carbons (Fsp3) is 0.500. The molecule has 1 aliphatic carbocycles. The molecule has 1 fully saturated rings. The average molecular weight is 246 g/mol. The molecule has 1 amide bonds. The van der Waals surface area contributed by atoms with Crippen LogP contribution >= 0.6 is 0 Å². The maximum Gasteiger partial charge on any atom is 0.242 e. The van der Waals surface area contributed by atoms with Crippen molar-refractivity contribution in [2.75, 3.05) is 18.5 Å². The second kappa shape index (κ2) is 4.28. The minimum absolute atomic E-state index is 0.0267. The van der Waals surface area contributed by atoms with Crippen LogP contribution in [0.25, 0.3) is 0 Å². The molecule has 0 radical (unpaired) electrons. The molecule has 3 rings (SSSR count). The van der Waals surface area contributed by atoms with E-state index in [4.69, 9.17) is 0 Å². The van der Waals surface area contributed by atoms with Gasteiger partial charge in [0.1, 0.15) is 6.04 Å². The number of nitrogens with one attached hydrogen (secondary N) is 2. The highest BCUT2D eigenvalue weighted by Crippen LogP contribution is 2.44. The molecule has 1 aliphatic heterocycles. The standard InChI is InChI=1S/C14H18N2O2/c17-9-14(5-6-14)8-15-13(18)12-7-10-3-1-2-4-11(10)16-12/h1-4,12,16-17H,5-9H2,(H,15,18)/t12-/m0/s1. The molecule has 1 aromatic rings. The average Bonchev–Trinajstić information content (AvgIpc) is 3.05. The van der Waals surface area contributed by atoms with Crippen LogP contribution in [0.5, 0.6) is 0 Å². The van der Waals surface area contributed by atoms with Gasteiger partial charge < -0.3 is 15.7 Å². The molecule has 0 spiro atoms. The summed E-state index contributed by atoms with van der Waals surface area (Å²) in [7, 11) is 0. The van der Waals surface area contributed by atoms with Crippen LogP contribution in [0.3, 0.4) is 0 Å². The van der Waals surface area contributed by atoms with E-state index in [0.29, 0.717) is 6.54 Å². The molecular weight excluding hydrogens is 228 g/mol. The Morgan fingerprint density at radius 1 is 1.44 bits per heavy atom. The van der Waals surface area contributed by atoms with Crippen LogP contribution in [-0.2, 0) is 11.2 Å². The number of carbonyl (C=O) groups is 1. The lowest BCUT2D eigenvalue weighted by molar-refractivity contribution is -0.122. The third kappa shape index (κ3) is 2.08. The van der Waals surface area contributed by atoms with Gasteiger partial charge in [0, 0.05) is 24.1 Å². The van der Waals surface area contributed by atoms with E-state index in [2.05, 4.69) is 10.6 Å². The van der Waals surface area contributed by atoms with Gasteiger partial charge in [-0.15, -0.1) is 0 Å². The van der Waals surface area contributed by atoms with Crippen molar-refractivity contribution in [3.8, 4) is 0 Å². The Hall–Kier alpha value is -1.55. The van der Waals surface area contributed by atoms with Gasteiger partial charge >= 0.3 is 0 Å². The second-order valence-electron chi connectivity index (χ2n) is 5.43. The number of hydrogen-bond acceptors (Lipinski definition) is 3. The summed E-state index contributed by atoms with van der Waals surface area (Å²) in [6, 6.07) is 7.84. The first-order valence-electron chi connectivity index (χ1n) is 6.45. The summed E-state index contributed by atoms with van der Waals surface area (Å²) in [4.78, 5) is 12.0. The first-order valence-corrected chi connectivity index (χ1v) is 6.45. The Morgan fingerprint density at radius 3 is 2.89 bits per heavy atom. The molecule has 3 N–H and O–H groups in total. The number of rotatable bonds is 4. The van der Waals surface area contributed by atoms with E-state index >= 15 is 0 Å². The monoisotopic (exact) mass is 246 g/mol. The van der Waals surface area contributed by atoms with Crippen molar-refractivity contribution in [1.29, 1.82) is 0 Å². The predicted octanol–water partition coefficient (Wildman–Crippen LogP) is 0.912. The van der Waals surface area contributed by atoms with Crippen LogP contribution in [0, 0.1) is 5.41 Å². The number of benzene rings is 1. The Bertz CT molecular complexity index is 444. The van der Waals surface area contributed by atoms with Crippen molar-refractivity contribution in [3.63, 3.8) is 0 Å². The van der Waals surface area contributed by atoms with E-state index in [0.717, 1.165) is 24.9 Å². The smallest absolute Gasteiger partial charge is 0.242 e. The third-order valence-electron chi connectivity index (χ3n) is 4.02. The first kappa shape index (κ1) is 11.5. The Labute approximate surface area is 106 Å². The lowest BCUT2D eigenvalue weighted by atomic mass is 10.1. The zero-order valence-electron chi connectivity index (χ0n) is 10.3. The van der Waals surface area contributed by atoms with Gasteiger partial charge in [-0.1, -0.05) is 18.2 Å². The van der Waals surface area contributed by atoms with Crippen LogP contribution in [0.1, 0.15) is 18.4 Å². The molecule has 0 saturated heterocycles. The number of amides is 1. The normalized spacial score (nSPS) is 23.1. The molecule has 1 saturated carbocycles. The number of anilines is 1. The SMILES string of the molecule is O=C(NCC1(CO)CC1)[C@@H]1Cc2ccccc2N1. The molecule has 0 bridgehead atoms. The molecule has 96 valence electrons. The van der Waals surface area contributed by atoms with Gasteiger partial charge in [0.25, 0.3) is 0 Å². The van der Waals surface area contributed by atoms with Gasteiger partial charge in [-0.2, -0.15) is 0 Å². The first-order chi connectivity index (χ1) is 8.72. The van der Waals surface area contributed by atoms with Crippen LogP contribution in [-0.4, -0.2) is 30.2 Å². The molecule has 18 heavy (non-hydrogen) atoms. The van der Waals surface area contributed by atoms with Crippen molar-refractivity contribution >= 4 is 11.6 Å².